The molecule has 2 nitrogen and oxygen atoms in total. The van der Waals surface area contributed by atoms with Crippen molar-refractivity contribution in [2.24, 2.45) is 5.92 Å². The number of para-hydroxylation sites is 1. The first kappa shape index (κ1) is 25.0. The van der Waals surface area contributed by atoms with E-state index in [1.807, 2.05) is 70.2 Å². The zero-order chi connectivity index (χ0) is 20.8. The van der Waals surface area contributed by atoms with Crippen LogP contribution in [0.2, 0.25) is 0 Å². The summed E-state index contributed by atoms with van der Waals surface area (Å²) in [6.07, 6.45) is 0.521. The van der Waals surface area contributed by atoms with Crippen molar-refractivity contribution in [3.8, 4) is 11.5 Å². The Morgan fingerprint density at radius 3 is 1.22 bits per heavy atom. The second kappa shape index (κ2) is 14.1. The Balaban J connectivity index is 0.000000428. The normalized spacial score (nSPS) is 10.3. The third-order valence-corrected chi connectivity index (χ3v) is 3.03. The van der Waals surface area contributed by atoms with E-state index in [0.29, 0.717) is 5.92 Å². The van der Waals surface area contributed by atoms with Gasteiger partial charge in [0, 0.05) is 0 Å². The Kier molecular flexibility index (Phi) is 13.1. The van der Waals surface area contributed by atoms with Gasteiger partial charge in [0.2, 0.25) is 0 Å². The van der Waals surface area contributed by atoms with Crippen LogP contribution >= 0.6 is 0 Å². The van der Waals surface area contributed by atoms with E-state index in [1.165, 1.54) is 5.56 Å². The number of hydrogen-bond acceptors (Lipinski definition) is 2. The van der Waals surface area contributed by atoms with Crippen LogP contribution in [0.5, 0.6) is 11.5 Å². The molecular weight excluding hydrogens is 332 g/mol. The van der Waals surface area contributed by atoms with Gasteiger partial charge in [0.05, 0.1) is 12.2 Å². The summed E-state index contributed by atoms with van der Waals surface area (Å²) in [5.74, 6) is 3.32. The molecular formula is C25H40O2. The minimum absolute atomic E-state index is 0.255. The van der Waals surface area contributed by atoms with Crippen molar-refractivity contribution in [2.75, 3.05) is 0 Å². The van der Waals surface area contributed by atoms with E-state index in [-0.39, 0.29) is 12.2 Å². The zero-order valence-corrected chi connectivity index (χ0v) is 18.8. The maximum Gasteiger partial charge on any atom is 0.119 e. The van der Waals surface area contributed by atoms with Gasteiger partial charge in [-0.25, -0.2) is 0 Å². The van der Waals surface area contributed by atoms with Gasteiger partial charge in [0.25, 0.3) is 0 Å². The van der Waals surface area contributed by atoms with Gasteiger partial charge in [-0.3, -0.25) is 0 Å². The van der Waals surface area contributed by atoms with Gasteiger partial charge in [-0.2, -0.15) is 0 Å². The van der Waals surface area contributed by atoms with Crippen molar-refractivity contribution in [2.45, 2.75) is 80.4 Å². The molecule has 0 spiro atoms. The SMILES string of the molecule is CC(C)C.CC(C)Oc1ccc(C(C)C)cc1.CC(C)Oc1ccccc1. The molecule has 0 atom stereocenters. The van der Waals surface area contributed by atoms with E-state index in [9.17, 15) is 0 Å². The summed E-state index contributed by atoms with van der Waals surface area (Å²) < 4.78 is 11.0. The molecule has 152 valence electrons. The van der Waals surface area contributed by atoms with Crippen LogP contribution in [0.3, 0.4) is 0 Å². The molecule has 0 N–H and O–H groups in total. The Morgan fingerprint density at radius 1 is 0.519 bits per heavy atom. The molecule has 0 radical (unpaired) electrons. The molecule has 0 aliphatic carbocycles. The van der Waals surface area contributed by atoms with Gasteiger partial charge in [0.15, 0.2) is 0 Å². The van der Waals surface area contributed by atoms with Crippen LogP contribution in [0.25, 0.3) is 0 Å². The zero-order valence-electron chi connectivity index (χ0n) is 18.8. The summed E-state index contributed by atoms with van der Waals surface area (Å²) >= 11 is 0. The van der Waals surface area contributed by atoms with Gasteiger partial charge in [0.1, 0.15) is 11.5 Å². The Morgan fingerprint density at radius 2 is 0.889 bits per heavy atom. The number of benzene rings is 2. The fraction of sp³-hybridized carbons (Fsp3) is 0.520. The highest BCUT2D eigenvalue weighted by Gasteiger charge is 2.00. The molecule has 0 heterocycles. The lowest BCUT2D eigenvalue weighted by Gasteiger charge is -2.11. The molecule has 0 aliphatic heterocycles. The van der Waals surface area contributed by atoms with Gasteiger partial charge >= 0.3 is 0 Å². The quantitative estimate of drug-likeness (QED) is 0.534. The number of hydrogen-bond donors (Lipinski definition) is 0. The maximum absolute atomic E-state index is 5.55. The second-order valence-electron chi connectivity index (χ2n) is 8.10. The summed E-state index contributed by atoms with van der Waals surface area (Å²) in [5, 5.41) is 0. The van der Waals surface area contributed by atoms with Crippen LogP contribution in [0.1, 0.15) is 73.8 Å². The molecule has 2 rings (SSSR count). The third-order valence-electron chi connectivity index (χ3n) is 3.03. The first-order chi connectivity index (χ1) is 12.6. The average Bonchev–Trinajstić information content (AvgIpc) is 2.55. The first-order valence-electron chi connectivity index (χ1n) is 10.1. The van der Waals surface area contributed by atoms with Crippen LogP contribution in [0.4, 0.5) is 0 Å². The van der Waals surface area contributed by atoms with Crippen molar-refractivity contribution < 1.29 is 9.47 Å². The van der Waals surface area contributed by atoms with Crippen molar-refractivity contribution in [1.82, 2.24) is 0 Å². The predicted molar refractivity (Wildman–Crippen MR) is 119 cm³/mol. The van der Waals surface area contributed by atoms with Crippen LogP contribution in [0, 0.1) is 5.92 Å². The fourth-order valence-corrected chi connectivity index (χ4v) is 1.97. The minimum atomic E-state index is 0.255. The topological polar surface area (TPSA) is 18.5 Å². The highest BCUT2D eigenvalue weighted by molar-refractivity contribution is 5.29. The maximum atomic E-state index is 5.55. The summed E-state index contributed by atoms with van der Waals surface area (Å²) in [5.41, 5.74) is 1.36. The van der Waals surface area contributed by atoms with Crippen LogP contribution in [-0.4, -0.2) is 12.2 Å². The van der Waals surface area contributed by atoms with Crippen molar-refractivity contribution >= 4 is 0 Å². The lowest BCUT2D eigenvalue weighted by molar-refractivity contribution is 0.242. The van der Waals surface area contributed by atoms with Crippen molar-refractivity contribution in [3.63, 3.8) is 0 Å². The molecule has 27 heavy (non-hydrogen) atoms. The van der Waals surface area contributed by atoms with Crippen molar-refractivity contribution in [1.29, 1.82) is 0 Å². The molecule has 2 aromatic carbocycles. The van der Waals surface area contributed by atoms with Gasteiger partial charge < -0.3 is 9.47 Å². The lowest BCUT2D eigenvalue weighted by atomic mass is 10.0. The van der Waals surface area contributed by atoms with E-state index >= 15 is 0 Å². The van der Waals surface area contributed by atoms with Crippen LogP contribution in [-0.2, 0) is 0 Å². The average molecular weight is 373 g/mol. The van der Waals surface area contributed by atoms with Crippen molar-refractivity contribution in [3.05, 3.63) is 60.2 Å². The molecule has 0 bridgehead atoms. The van der Waals surface area contributed by atoms with E-state index < -0.39 is 0 Å². The Bertz CT molecular complexity index is 566. The number of rotatable bonds is 5. The molecule has 0 unspecified atom stereocenters. The molecule has 0 fully saturated rings. The summed E-state index contributed by atoms with van der Waals surface area (Å²) in [7, 11) is 0. The lowest BCUT2D eigenvalue weighted by Crippen LogP contribution is -2.05. The van der Waals surface area contributed by atoms with E-state index in [4.69, 9.17) is 9.47 Å². The van der Waals surface area contributed by atoms with Gasteiger partial charge in [-0.15, -0.1) is 0 Å². The van der Waals surface area contributed by atoms with E-state index in [0.717, 1.165) is 17.4 Å². The standard InChI is InChI=1S/C12H18O.C9H12O.C4H10/c1-9(2)11-5-7-12(8-6-11)13-10(3)4;1-8(2)10-9-6-4-3-5-7-9;1-4(2)3/h5-10H,1-4H3;3-8H,1-2H3;4H,1-3H3. The monoisotopic (exact) mass is 372 g/mol. The minimum Gasteiger partial charge on any atom is -0.491 e. The molecule has 2 heteroatoms. The summed E-state index contributed by atoms with van der Waals surface area (Å²) in [6, 6.07) is 18.2. The number of ether oxygens (including phenoxy) is 2. The van der Waals surface area contributed by atoms with E-state index in [1.54, 1.807) is 0 Å². The molecule has 0 aromatic heterocycles. The Hall–Kier alpha value is -1.96. The van der Waals surface area contributed by atoms with Crippen LogP contribution < -0.4 is 9.47 Å². The van der Waals surface area contributed by atoms with Gasteiger partial charge in [-0.1, -0.05) is 65.0 Å². The predicted octanol–water partition coefficient (Wildman–Crippen LogP) is 7.73. The van der Waals surface area contributed by atoms with Crippen LogP contribution in [0.15, 0.2) is 54.6 Å². The summed E-state index contributed by atoms with van der Waals surface area (Å²) in [6.45, 7) is 19.0. The highest BCUT2D eigenvalue weighted by Crippen LogP contribution is 2.19. The molecule has 2 aromatic rings. The molecule has 0 amide bonds. The second-order valence-corrected chi connectivity index (χ2v) is 8.10. The highest BCUT2D eigenvalue weighted by atomic mass is 16.5. The molecule has 0 saturated heterocycles. The first-order valence-corrected chi connectivity index (χ1v) is 10.1. The largest absolute Gasteiger partial charge is 0.491 e. The summed E-state index contributed by atoms with van der Waals surface area (Å²) in [4.78, 5) is 0. The Labute approximate surface area is 167 Å². The van der Waals surface area contributed by atoms with E-state index in [2.05, 4.69) is 46.8 Å². The smallest absolute Gasteiger partial charge is 0.119 e. The molecule has 0 aliphatic rings. The fourth-order valence-electron chi connectivity index (χ4n) is 1.97. The van der Waals surface area contributed by atoms with Gasteiger partial charge in [-0.05, 0) is 69.4 Å². The molecule has 0 saturated carbocycles. The third kappa shape index (κ3) is 14.9.